The fourth-order valence-corrected chi connectivity index (χ4v) is 1.84. The number of alkyl halides is 3. The van der Waals surface area contributed by atoms with Gasteiger partial charge in [0.15, 0.2) is 0 Å². The van der Waals surface area contributed by atoms with Gasteiger partial charge in [0, 0.05) is 0 Å². The van der Waals surface area contributed by atoms with E-state index in [1.807, 2.05) is 0 Å². The molecule has 1 heterocycles. The van der Waals surface area contributed by atoms with Crippen LogP contribution in [0.5, 0.6) is 0 Å². The minimum atomic E-state index is -4.52. The van der Waals surface area contributed by atoms with Gasteiger partial charge in [-0.2, -0.15) is 18.4 Å². The molecule has 0 aliphatic carbocycles. The van der Waals surface area contributed by atoms with Crippen molar-refractivity contribution in [2.24, 2.45) is 0 Å². The van der Waals surface area contributed by atoms with Crippen molar-refractivity contribution in [2.75, 3.05) is 0 Å². The normalized spacial score (nSPS) is 19.3. The van der Waals surface area contributed by atoms with Crippen molar-refractivity contribution >= 4 is 0 Å². The molecule has 0 radical (unpaired) electrons. The van der Waals surface area contributed by atoms with E-state index in [1.165, 1.54) is 6.20 Å². The quantitative estimate of drug-likeness (QED) is 0.830. The monoisotopic (exact) mass is 250 g/mol. The first-order chi connectivity index (χ1) is 8.54. The van der Waals surface area contributed by atoms with E-state index >= 15 is 0 Å². The van der Waals surface area contributed by atoms with Crippen LogP contribution in [0, 0.1) is 11.3 Å². The average Bonchev–Trinajstić information content (AvgIpc) is 2.37. The Bertz CT molecular complexity index is 536. The number of nitriles is 1. The van der Waals surface area contributed by atoms with E-state index in [9.17, 15) is 13.2 Å². The zero-order valence-electron chi connectivity index (χ0n) is 9.20. The van der Waals surface area contributed by atoms with Gasteiger partial charge in [0.2, 0.25) is 0 Å². The molecular weight excluding hydrogens is 241 g/mol. The van der Waals surface area contributed by atoms with Crippen LogP contribution in [0.25, 0.3) is 0 Å². The first-order valence-corrected chi connectivity index (χ1v) is 5.23. The molecule has 0 spiro atoms. The van der Waals surface area contributed by atoms with Crippen molar-refractivity contribution in [1.82, 2.24) is 5.32 Å². The smallest absolute Gasteiger partial charge is 0.379 e. The Kier molecular flexibility index (Phi) is 3.11. The van der Waals surface area contributed by atoms with Gasteiger partial charge in [0.1, 0.15) is 0 Å². The Morgan fingerprint density at radius 1 is 1.17 bits per heavy atom. The van der Waals surface area contributed by atoms with Gasteiger partial charge in [-0.1, -0.05) is 30.3 Å². The molecule has 18 heavy (non-hydrogen) atoms. The topological polar surface area (TPSA) is 35.8 Å². The van der Waals surface area contributed by atoms with Gasteiger partial charge in [-0.25, -0.2) is 0 Å². The van der Waals surface area contributed by atoms with Gasteiger partial charge in [-0.05, 0) is 17.8 Å². The van der Waals surface area contributed by atoms with Crippen LogP contribution in [-0.2, 0) is 0 Å². The molecule has 1 atom stereocenters. The molecule has 2 nitrogen and oxygen atoms in total. The summed E-state index contributed by atoms with van der Waals surface area (Å²) in [5, 5.41) is 11.8. The van der Waals surface area contributed by atoms with Gasteiger partial charge in [-0.15, -0.1) is 0 Å². The van der Waals surface area contributed by atoms with E-state index in [0.717, 1.165) is 6.08 Å². The number of halogens is 3. The number of rotatable bonds is 1. The van der Waals surface area contributed by atoms with Crippen LogP contribution in [0.1, 0.15) is 11.6 Å². The van der Waals surface area contributed by atoms with Gasteiger partial charge >= 0.3 is 6.18 Å². The number of hydrogen-bond donors (Lipinski definition) is 1. The van der Waals surface area contributed by atoms with Crippen molar-refractivity contribution in [3.63, 3.8) is 0 Å². The first-order valence-electron chi connectivity index (χ1n) is 5.23. The highest BCUT2D eigenvalue weighted by molar-refractivity contribution is 5.47. The first kappa shape index (κ1) is 12.2. The lowest BCUT2D eigenvalue weighted by Crippen LogP contribution is -2.26. The van der Waals surface area contributed by atoms with Gasteiger partial charge in [0.25, 0.3) is 0 Å². The van der Waals surface area contributed by atoms with Gasteiger partial charge in [0.05, 0.1) is 23.3 Å². The third-order valence-electron chi connectivity index (χ3n) is 2.65. The summed E-state index contributed by atoms with van der Waals surface area (Å²) in [6, 6.07) is 9.47. The standard InChI is InChI=1S/C13H9F3N2/c14-13(15,16)11-6-7-18-12(10(11)8-17)9-4-2-1-3-5-9/h1-7,12,18H. The summed E-state index contributed by atoms with van der Waals surface area (Å²) in [5.74, 6) is 0. The molecule has 92 valence electrons. The van der Waals surface area contributed by atoms with Crippen molar-refractivity contribution in [3.05, 3.63) is 59.3 Å². The lowest BCUT2D eigenvalue weighted by molar-refractivity contribution is -0.0893. The van der Waals surface area contributed by atoms with Crippen LogP contribution >= 0.6 is 0 Å². The number of hydrogen-bond acceptors (Lipinski definition) is 2. The van der Waals surface area contributed by atoms with E-state index in [0.29, 0.717) is 5.56 Å². The second-order valence-electron chi connectivity index (χ2n) is 3.78. The Labute approximate surface area is 102 Å². The van der Waals surface area contributed by atoms with Crippen LogP contribution in [0.15, 0.2) is 53.8 Å². The fourth-order valence-electron chi connectivity index (χ4n) is 1.84. The zero-order chi connectivity index (χ0) is 13.2. The third-order valence-corrected chi connectivity index (χ3v) is 2.65. The van der Waals surface area contributed by atoms with Crippen LogP contribution in [-0.4, -0.2) is 6.18 Å². The molecular formula is C13H9F3N2. The van der Waals surface area contributed by atoms with Crippen LogP contribution < -0.4 is 5.32 Å². The Morgan fingerprint density at radius 3 is 2.39 bits per heavy atom. The minimum Gasteiger partial charge on any atom is -0.379 e. The number of nitrogens with one attached hydrogen (secondary N) is 1. The van der Waals surface area contributed by atoms with Gasteiger partial charge < -0.3 is 5.32 Å². The lowest BCUT2D eigenvalue weighted by atomic mass is 9.93. The zero-order valence-corrected chi connectivity index (χ0v) is 9.20. The molecule has 1 aromatic rings. The van der Waals surface area contributed by atoms with Crippen LogP contribution in [0.2, 0.25) is 0 Å². The summed E-state index contributed by atoms with van der Waals surface area (Å²) < 4.78 is 38.3. The van der Waals surface area contributed by atoms with E-state index < -0.39 is 17.8 Å². The molecule has 1 N–H and O–H groups in total. The highest BCUT2D eigenvalue weighted by atomic mass is 19.4. The number of dihydropyridines is 1. The second-order valence-corrected chi connectivity index (χ2v) is 3.78. The van der Waals surface area contributed by atoms with E-state index in [4.69, 9.17) is 5.26 Å². The molecule has 1 aromatic carbocycles. The predicted octanol–water partition coefficient (Wildman–Crippen LogP) is 3.23. The maximum absolute atomic E-state index is 12.8. The van der Waals surface area contributed by atoms with Crippen molar-refractivity contribution in [2.45, 2.75) is 12.2 Å². The van der Waals surface area contributed by atoms with E-state index in [-0.39, 0.29) is 5.57 Å². The van der Waals surface area contributed by atoms with E-state index in [1.54, 1.807) is 36.4 Å². The summed E-state index contributed by atoms with van der Waals surface area (Å²) in [5.41, 5.74) is -0.575. The van der Waals surface area contributed by atoms with Crippen LogP contribution in [0.3, 0.4) is 0 Å². The molecule has 0 saturated heterocycles. The summed E-state index contributed by atoms with van der Waals surface area (Å²) in [6.07, 6.45) is -2.41. The molecule has 1 aliphatic rings. The summed E-state index contributed by atoms with van der Waals surface area (Å²) >= 11 is 0. The maximum Gasteiger partial charge on any atom is 0.417 e. The summed E-state index contributed by atoms with van der Waals surface area (Å²) in [7, 11) is 0. The molecule has 0 fully saturated rings. The fraction of sp³-hybridized carbons (Fsp3) is 0.154. The highest BCUT2D eigenvalue weighted by Crippen LogP contribution is 2.36. The van der Waals surface area contributed by atoms with E-state index in [2.05, 4.69) is 5.32 Å². The minimum absolute atomic E-state index is 0.309. The number of allylic oxidation sites excluding steroid dienone is 2. The SMILES string of the molecule is N#CC1=C(C(F)(F)F)C=CNC1c1ccccc1. The molecule has 0 saturated carbocycles. The third kappa shape index (κ3) is 2.23. The largest absolute Gasteiger partial charge is 0.417 e. The molecule has 0 amide bonds. The number of benzene rings is 1. The summed E-state index contributed by atoms with van der Waals surface area (Å²) in [6.45, 7) is 0. The Morgan fingerprint density at radius 2 is 1.83 bits per heavy atom. The number of nitrogens with zero attached hydrogens (tertiary/aromatic N) is 1. The van der Waals surface area contributed by atoms with Crippen molar-refractivity contribution in [1.29, 1.82) is 5.26 Å². The molecule has 1 aliphatic heterocycles. The van der Waals surface area contributed by atoms with Gasteiger partial charge in [-0.3, -0.25) is 0 Å². The average molecular weight is 250 g/mol. The second kappa shape index (κ2) is 4.57. The molecule has 0 aromatic heterocycles. The Hall–Kier alpha value is -2.22. The maximum atomic E-state index is 12.8. The molecule has 2 rings (SSSR count). The predicted molar refractivity (Wildman–Crippen MR) is 60.2 cm³/mol. The lowest BCUT2D eigenvalue weighted by Gasteiger charge is -2.24. The highest BCUT2D eigenvalue weighted by Gasteiger charge is 2.38. The molecule has 1 unspecified atom stereocenters. The summed E-state index contributed by atoms with van der Waals surface area (Å²) in [4.78, 5) is 0. The van der Waals surface area contributed by atoms with Crippen molar-refractivity contribution in [3.8, 4) is 6.07 Å². The Balaban J connectivity index is 2.50. The molecule has 5 heteroatoms. The molecule has 0 bridgehead atoms. The van der Waals surface area contributed by atoms with Crippen molar-refractivity contribution < 1.29 is 13.2 Å². The van der Waals surface area contributed by atoms with Crippen LogP contribution in [0.4, 0.5) is 13.2 Å².